The molecule has 1 N–H and O–H groups in total. The topological polar surface area (TPSA) is 49.4 Å². The largest absolute Gasteiger partial charge is 0.350 e. The van der Waals surface area contributed by atoms with E-state index < -0.39 is 0 Å². The minimum atomic E-state index is -0.339. The molecule has 0 fully saturated rings. The molecule has 0 spiro atoms. The van der Waals surface area contributed by atoms with Gasteiger partial charge in [-0.1, -0.05) is 68.8 Å². The fourth-order valence-corrected chi connectivity index (χ4v) is 4.37. The minimum absolute atomic E-state index is 0.0284. The molecular weight excluding hydrogens is 420 g/mol. The van der Waals surface area contributed by atoms with E-state index in [1.165, 1.54) is 10.5 Å². The standard InChI is InChI=1S/C30H32N2O2/c1-18-9-15-24(21(4)16-18)26-27(31-23-13-11-22(12-14-23)30(5,6)7)29(34)32(28(26)33)25-17-19(2)8-10-20(25)3/h8-17,31H,1-7H3. The van der Waals surface area contributed by atoms with Crippen LogP contribution in [0.25, 0.3) is 5.57 Å². The van der Waals surface area contributed by atoms with Gasteiger partial charge in [-0.3, -0.25) is 9.59 Å². The molecule has 174 valence electrons. The van der Waals surface area contributed by atoms with Gasteiger partial charge in [-0.05, 0) is 79.1 Å². The summed E-state index contributed by atoms with van der Waals surface area (Å²) in [5.74, 6) is -0.645. The molecular formula is C30H32N2O2. The first-order valence-electron chi connectivity index (χ1n) is 11.6. The molecule has 4 nitrogen and oxygen atoms in total. The van der Waals surface area contributed by atoms with Crippen LogP contribution in [0.4, 0.5) is 11.4 Å². The molecule has 2 amide bonds. The van der Waals surface area contributed by atoms with Gasteiger partial charge >= 0.3 is 0 Å². The Labute approximate surface area is 202 Å². The van der Waals surface area contributed by atoms with E-state index in [0.29, 0.717) is 17.0 Å². The molecule has 0 saturated heterocycles. The van der Waals surface area contributed by atoms with Crippen molar-refractivity contribution in [2.24, 2.45) is 0 Å². The van der Waals surface area contributed by atoms with Crippen LogP contribution in [0.3, 0.4) is 0 Å². The van der Waals surface area contributed by atoms with Crippen LogP contribution in [0.5, 0.6) is 0 Å². The highest BCUT2D eigenvalue weighted by molar-refractivity contribution is 6.46. The zero-order chi connectivity index (χ0) is 24.8. The van der Waals surface area contributed by atoms with E-state index in [0.717, 1.165) is 33.5 Å². The second-order valence-corrected chi connectivity index (χ2v) is 10.3. The predicted octanol–water partition coefficient (Wildman–Crippen LogP) is 6.61. The lowest BCUT2D eigenvalue weighted by atomic mass is 9.87. The van der Waals surface area contributed by atoms with Crippen molar-refractivity contribution in [1.29, 1.82) is 0 Å². The third kappa shape index (κ3) is 4.28. The van der Waals surface area contributed by atoms with Gasteiger partial charge in [-0.15, -0.1) is 0 Å². The first-order chi connectivity index (χ1) is 16.0. The Balaban J connectivity index is 1.84. The van der Waals surface area contributed by atoms with Crippen molar-refractivity contribution in [3.8, 4) is 0 Å². The van der Waals surface area contributed by atoms with Crippen LogP contribution in [0.15, 0.2) is 66.4 Å². The van der Waals surface area contributed by atoms with Gasteiger partial charge in [0, 0.05) is 5.69 Å². The molecule has 0 atom stereocenters. The Bertz CT molecular complexity index is 1320. The molecule has 0 unspecified atom stereocenters. The molecule has 1 aliphatic rings. The summed E-state index contributed by atoms with van der Waals surface area (Å²) < 4.78 is 0. The van der Waals surface area contributed by atoms with E-state index in [4.69, 9.17) is 0 Å². The molecule has 0 bridgehead atoms. The Hall–Kier alpha value is -3.66. The van der Waals surface area contributed by atoms with Gasteiger partial charge < -0.3 is 5.32 Å². The summed E-state index contributed by atoms with van der Waals surface area (Å²) in [5, 5.41) is 3.29. The lowest BCUT2D eigenvalue weighted by Gasteiger charge is -2.20. The normalized spacial score (nSPS) is 14.3. The van der Waals surface area contributed by atoms with Crippen LogP contribution in [-0.2, 0) is 15.0 Å². The first kappa shape index (κ1) is 23.5. The smallest absolute Gasteiger partial charge is 0.282 e. The number of hydrogen-bond acceptors (Lipinski definition) is 3. The third-order valence-corrected chi connectivity index (χ3v) is 6.36. The van der Waals surface area contributed by atoms with Crippen molar-refractivity contribution >= 4 is 28.8 Å². The number of benzene rings is 3. The van der Waals surface area contributed by atoms with E-state index in [1.807, 2.05) is 76.2 Å². The van der Waals surface area contributed by atoms with E-state index in [-0.39, 0.29) is 17.2 Å². The third-order valence-electron chi connectivity index (χ3n) is 6.36. The Morgan fingerprint density at radius 2 is 1.32 bits per heavy atom. The average molecular weight is 453 g/mol. The Morgan fingerprint density at radius 3 is 1.94 bits per heavy atom. The summed E-state index contributed by atoms with van der Waals surface area (Å²) >= 11 is 0. The summed E-state index contributed by atoms with van der Waals surface area (Å²) in [5.41, 5.74) is 8.05. The monoisotopic (exact) mass is 452 g/mol. The van der Waals surface area contributed by atoms with Gasteiger partial charge in [0.1, 0.15) is 5.70 Å². The maximum atomic E-state index is 13.8. The quantitative estimate of drug-likeness (QED) is 0.453. The van der Waals surface area contributed by atoms with Gasteiger partial charge in [0.2, 0.25) is 0 Å². The number of carbonyl (C=O) groups is 2. The lowest BCUT2D eigenvalue weighted by Crippen LogP contribution is -2.33. The summed E-state index contributed by atoms with van der Waals surface area (Å²) in [4.78, 5) is 28.9. The average Bonchev–Trinajstić information content (AvgIpc) is 2.99. The molecule has 1 heterocycles. The maximum Gasteiger partial charge on any atom is 0.282 e. The van der Waals surface area contributed by atoms with Crippen LogP contribution < -0.4 is 10.2 Å². The van der Waals surface area contributed by atoms with Crippen LogP contribution in [-0.4, -0.2) is 11.8 Å². The molecule has 0 radical (unpaired) electrons. The number of aryl methyl sites for hydroxylation is 4. The van der Waals surface area contributed by atoms with Gasteiger partial charge in [-0.25, -0.2) is 4.90 Å². The molecule has 0 aromatic heterocycles. The van der Waals surface area contributed by atoms with E-state index in [2.05, 4.69) is 38.2 Å². The molecule has 0 saturated carbocycles. The highest BCUT2D eigenvalue weighted by Crippen LogP contribution is 2.37. The second kappa shape index (κ2) is 8.60. The number of anilines is 2. The van der Waals surface area contributed by atoms with Crippen molar-refractivity contribution in [2.75, 3.05) is 10.2 Å². The second-order valence-electron chi connectivity index (χ2n) is 10.3. The zero-order valence-electron chi connectivity index (χ0n) is 21.0. The fourth-order valence-electron chi connectivity index (χ4n) is 4.37. The first-order valence-corrected chi connectivity index (χ1v) is 11.6. The number of rotatable bonds is 4. The zero-order valence-corrected chi connectivity index (χ0v) is 21.0. The van der Waals surface area contributed by atoms with Crippen LogP contribution >= 0.6 is 0 Å². The van der Waals surface area contributed by atoms with Gasteiger partial charge in [0.15, 0.2) is 0 Å². The number of amides is 2. The molecule has 0 aliphatic carbocycles. The minimum Gasteiger partial charge on any atom is -0.350 e. The Morgan fingerprint density at radius 1 is 0.706 bits per heavy atom. The summed E-state index contributed by atoms with van der Waals surface area (Å²) in [7, 11) is 0. The summed E-state index contributed by atoms with van der Waals surface area (Å²) in [6, 6.07) is 19.8. The molecule has 3 aromatic rings. The van der Waals surface area contributed by atoms with E-state index in [1.54, 1.807) is 0 Å². The van der Waals surface area contributed by atoms with Crippen molar-refractivity contribution in [1.82, 2.24) is 0 Å². The van der Waals surface area contributed by atoms with E-state index in [9.17, 15) is 9.59 Å². The van der Waals surface area contributed by atoms with Crippen molar-refractivity contribution < 1.29 is 9.59 Å². The maximum absolute atomic E-state index is 13.8. The summed E-state index contributed by atoms with van der Waals surface area (Å²) in [6.45, 7) is 14.4. The number of hydrogen-bond donors (Lipinski definition) is 1. The number of nitrogens with one attached hydrogen (secondary N) is 1. The predicted molar refractivity (Wildman–Crippen MR) is 140 cm³/mol. The molecule has 3 aromatic carbocycles. The van der Waals surface area contributed by atoms with Gasteiger partial charge in [0.25, 0.3) is 11.8 Å². The molecule has 1 aliphatic heterocycles. The summed E-state index contributed by atoms with van der Waals surface area (Å²) in [6.07, 6.45) is 0. The highest BCUT2D eigenvalue weighted by atomic mass is 16.2. The van der Waals surface area contributed by atoms with Crippen molar-refractivity contribution in [3.05, 3.63) is 99.7 Å². The molecule has 4 heteroatoms. The number of nitrogens with zero attached hydrogens (tertiary/aromatic N) is 1. The number of imide groups is 1. The molecule has 34 heavy (non-hydrogen) atoms. The van der Waals surface area contributed by atoms with Crippen LogP contribution in [0, 0.1) is 27.7 Å². The number of carbonyl (C=O) groups excluding carboxylic acids is 2. The van der Waals surface area contributed by atoms with Crippen molar-refractivity contribution in [3.63, 3.8) is 0 Å². The fraction of sp³-hybridized carbons (Fsp3) is 0.267. The highest BCUT2D eigenvalue weighted by Gasteiger charge is 2.41. The van der Waals surface area contributed by atoms with Gasteiger partial charge in [-0.2, -0.15) is 0 Å². The van der Waals surface area contributed by atoms with Crippen LogP contribution in [0.2, 0.25) is 0 Å². The lowest BCUT2D eigenvalue weighted by molar-refractivity contribution is -0.120. The van der Waals surface area contributed by atoms with Crippen LogP contribution in [0.1, 0.15) is 54.2 Å². The molecule has 4 rings (SSSR count). The van der Waals surface area contributed by atoms with Gasteiger partial charge in [0.05, 0.1) is 11.3 Å². The Kier molecular flexibility index (Phi) is 5.94. The van der Waals surface area contributed by atoms with Crippen molar-refractivity contribution in [2.45, 2.75) is 53.9 Å². The SMILES string of the molecule is Cc1ccc(C2=C(Nc3ccc(C(C)(C)C)cc3)C(=O)N(c3cc(C)ccc3C)C2=O)c(C)c1. The van der Waals surface area contributed by atoms with E-state index >= 15 is 0 Å².